The van der Waals surface area contributed by atoms with Crippen molar-refractivity contribution in [2.45, 2.75) is 38.0 Å². The van der Waals surface area contributed by atoms with Crippen molar-refractivity contribution in [3.8, 4) is 0 Å². The Balaban J connectivity index is 0.000000148. The average Bonchev–Trinajstić information content (AvgIpc) is 3.17. The van der Waals surface area contributed by atoms with E-state index in [4.69, 9.17) is 4.11 Å². The lowest BCUT2D eigenvalue weighted by molar-refractivity contribution is 0.426. The largest absolute Gasteiger partial charge is 0.344 e. The summed E-state index contributed by atoms with van der Waals surface area (Å²) >= 11 is 3.39. The van der Waals surface area contributed by atoms with Crippen LogP contribution < -0.4 is 10.6 Å². The molecule has 0 radical (unpaired) electrons. The number of fused-ring (bicyclic) bond motifs is 4. The maximum atomic E-state index is 14.3. The van der Waals surface area contributed by atoms with Crippen molar-refractivity contribution in [3.05, 3.63) is 117 Å². The fourth-order valence-electron chi connectivity index (χ4n) is 6.30. The van der Waals surface area contributed by atoms with Crippen LogP contribution in [0.25, 0.3) is 0 Å². The van der Waals surface area contributed by atoms with E-state index in [9.17, 15) is 13.2 Å². The smallest absolute Gasteiger partial charge is 0.129 e. The Morgan fingerprint density at radius 3 is 2.43 bits per heavy atom. The van der Waals surface area contributed by atoms with Gasteiger partial charge in [0.1, 0.15) is 29.1 Å². The first-order valence-electron chi connectivity index (χ1n) is 13.6. The van der Waals surface area contributed by atoms with Crippen LogP contribution in [0.5, 0.6) is 0 Å². The quantitative estimate of drug-likeness (QED) is 0.429. The Bertz CT molecular complexity index is 1510. The van der Waals surface area contributed by atoms with Gasteiger partial charge in [-0.2, -0.15) is 0 Å². The van der Waals surface area contributed by atoms with E-state index in [1.807, 2.05) is 22.8 Å². The normalized spacial score (nSPS) is 28.6. The summed E-state index contributed by atoms with van der Waals surface area (Å²) < 4.78 is 65.7. The van der Waals surface area contributed by atoms with Crippen LogP contribution in [-0.2, 0) is 5.41 Å². The van der Waals surface area contributed by atoms with Crippen molar-refractivity contribution in [2.24, 2.45) is 5.92 Å². The molecule has 0 unspecified atom stereocenters. The van der Waals surface area contributed by atoms with Crippen LogP contribution in [0.2, 0.25) is 0 Å². The molecule has 0 bridgehead atoms. The highest BCUT2D eigenvalue weighted by molar-refractivity contribution is 9.10. The van der Waals surface area contributed by atoms with Gasteiger partial charge in [-0.15, -0.1) is 0 Å². The SMILES string of the molecule is C=C1NC(C)=C2C[C@H](c3c(F)cccc3F)CN12.[2H]C([2H])([2H])C1=C2[C@@H]3C[C@]3(c3cc(Br)ccc3F)CN2C(=C)N1. The Hall–Kier alpha value is -3.13. The Morgan fingerprint density at radius 2 is 1.73 bits per heavy atom. The molecule has 4 aliphatic heterocycles. The van der Waals surface area contributed by atoms with E-state index < -0.39 is 18.5 Å². The summed E-state index contributed by atoms with van der Waals surface area (Å²) in [5.41, 5.74) is 3.66. The molecule has 192 valence electrons. The van der Waals surface area contributed by atoms with Crippen molar-refractivity contribution in [2.75, 3.05) is 13.1 Å². The second-order valence-electron chi connectivity index (χ2n) is 10.2. The van der Waals surface area contributed by atoms with Gasteiger partial charge in [0.2, 0.25) is 0 Å². The molecule has 3 fully saturated rings. The van der Waals surface area contributed by atoms with Crippen LogP contribution in [0, 0.1) is 23.4 Å². The van der Waals surface area contributed by atoms with Crippen LogP contribution in [0.3, 0.4) is 0 Å². The molecule has 37 heavy (non-hydrogen) atoms. The highest BCUT2D eigenvalue weighted by atomic mass is 79.9. The van der Waals surface area contributed by atoms with Gasteiger partial charge in [-0.1, -0.05) is 35.2 Å². The summed E-state index contributed by atoms with van der Waals surface area (Å²) in [6, 6.07) is 8.97. The first-order chi connectivity index (χ1) is 18.8. The van der Waals surface area contributed by atoms with Crippen molar-refractivity contribution >= 4 is 15.9 Å². The van der Waals surface area contributed by atoms with Gasteiger partial charge in [-0.25, -0.2) is 13.2 Å². The number of halogens is 4. The fraction of sp³-hybridized carbons (Fsp3) is 0.310. The zero-order chi connectivity index (χ0) is 28.7. The number of rotatable bonds is 2. The van der Waals surface area contributed by atoms with Gasteiger partial charge in [-0.3, -0.25) is 0 Å². The lowest BCUT2D eigenvalue weighted by Crippen LogP contribution is -2.26. The van der Waals surface area contributed by atoms with Crippen LogP contribution in [0.1, 0.15) is 47.8 Å². The van der Waals surface area contributed by atoms with Crippen LogP contribution in [0.4, 0.5) is 13.2 Å². The number of allylic oxidation sites excluding steroid dienone is 4. The van der Waals surface area contributed by atoms with E-state index in [2.05, 4.69) is 39.7 Å². The van der Waals surface area contributed by atoms with Crippen molar-refractivity contribution in [1.29, 1.82) is 0 Å². The van der Waals surface area contributed by atoms with Crippen molar-refractivity contribution in [1.82, 2.24) is 20.4 Å². The molecule has 0 spiro atoms. The first-order valence-corrected chi connectivity index (χ1v) is 12.9. The monoisotopic (exact) mass is 571 g/mol. The van der Waals surface area contributed by atoms with Crippen LogP contribution in [-0.4, -0.2) is 22.9 Å². The second-order valence-corrected chi connectivity index (χ2v) is 11.2. The molecule has 5 aliphatic rings. The molecular weight excluding hydrogens is 541 g/mol. The topological polar surface area (TPSA) is 30.5 Å². The van der Waals surface area contributed by atoms with Gasteiger partial charge < -0.3 is 20.4 Å². The summed E-state index contributed by atoms with van der Waals surface area (Å²) in [5, 5.41) is 6.04. The molecule has 2 aromatic carbocycles. The van der Waals surface area contributed by atoms with E-state index >= 15 is 0 Å². The maximum absolute atomic E-state index is 14.3. The van der Waals surface area contributed by atoms with Crippen molar-refractivity contribution < 1.29 is 17.3 Å². The number of hydrogen-bond acceptors (Lipinski definition) is 4. The zero-order valence-corrected chi connectivity index (χ0v) is 21.9. The van der Waals surface area contributed by atoms with E-state index in [1.165, 1.54) is 24.3 Å². The third kappa shape index (κ3) is 3.71. The molecule has 2 saturated heterocycles. The molecule has 1 saturated carbocycles. The lowest BCUT2D eigenvalue weighted by atomic mass is 9.94. The summed E-state index contributed by atoms with van der Waals surface area (Å²) in [6.07, 6.45) is 1.43. The molecule has 2 aromatic rings. The Kier molecular flexibility index (Phi) is 4.77. The van der Waals surface area contributed by atoms with E-state index in [1.54, 1.807) is 6.07 Å². The van der Waals surface area contributed by atoms with Crippen LogP contribution >= 0.6 is 15.9 Å². The number of nitrogens with one attached hydrogen (secondary N) is 2. The molecule has 7 rings (SSSR count). The highest BCUT2D eigenvalue weighted by Crippen LogP contribution is 2.66. The molecule has 4 heterocycles. The Labute approximate surface area is 227 Å². The third-order valence-electron chi connectivity index (χ3n) is 8.12. The number of nitrogens with zero attached hydrogens (tertiary/aromatic N) is 2. The van der Waals surface area contributed by atoms with Gasteiger partial charge in [0.15, 0.2) is 0 Å². The minimum absolute atomic E-state index is 0.0403. The summed E-state index contributed by atoms with van der Waals surface area (Å²) in [6.45, 7) is 8.71. The highest BCUT2D eigenvalue weighted by Gasteiger charge is 2.66. The molecule has 2 N–H and O–H groups in total. The van der Waals surface area contributed by atoms with E-state index in [0.29, 0.717) is 30.9 Å². The molecular formula is C29H28BrF3N4. The van der Waals surface area contributed by atoms with Gasteiger partial charge in [0.05, 0.1) is 0 Å². The number of hydrogen-bond donors (Lipinski definition) is 2. The maximum Gasteiger partial charge on any atom is 0.129 e. The fourth-order valence-corrected chi connectivity index (χ4v) is 6.66. The molecule has 3 atom stereocenters. The predicted octanol–water partition coefficient (Wildman–Crippen LogP) is 6.53. The minimum Gasteiger partial charge on any atom is -0.344 e. The summed E-state index contributed by atoms with van der Waals surface area (Å²) in [7, 11) is 0. The molecule has 0 amide bonds. The average molecular weight is 572 g/mol. The molecule has 4 nitrogen and oxygen atoms in total. The molecule has 0 aromatic heterocycles. The number of piperidine rings is 1. The first kappa shape index (κ1) is 20.9. The standard InChI is InChI=1S/C15H14BrFN2.C14H14F2N2/c1-8-14-12-6-15(12,7-19(14)9(2)18-8)11-5-10(16)3-4-13(11)17;1-8-13-6-10(7-18(13)9(2)17-8)14-11(15)4-3-5-12(14)16/h3-5,12,18H,2,6-7H2,1H3;3-5,10,17H,2,6-7H2,1H3/t12-,15+;10-/m00/s1/i1D3;. The Morgan fingerprint density at radius 1 is 1.03 bits per heavy atom. The number of benzene rings is 2. The zero-order valence-electron chi connectivity index (χ0n) is 23.3. The van der Waals surface area contributed by atoms with Crippen LogP contribution in [0.15, 0.2) is 88.5 Å². The predicted molar refractivity (Wildman–Crippen MR) is 141 cm³/mol. The van der Waals surface area contributed by atoms with Crippen molar-refractivity contribution in [3.63, 3.8) is 0 Å². The van der Waals surface area contributed by atoms with Gasteiger partial charge in [-0.05, 0) is 62.5 Å². The minimum atomic E-state index is -2.21. The summed E-state index contributed by atoms with van der Waals surface area (Å²) in [5.74, 6) is 0.107. The van der Waals surface area contributed by atoms with E-state index in [0.717, 1.165) is 33.8 Å². The summed E-state index contributed by atoms with van der Waals surface area (Å²) in [4.78, 5) is 3.90. The van der Waals surface area contributed by atoms with Gasteiger partial charge in [0.25, 0.3) is 0 Å². The third-order valence-corrected chi connectivity index (χ3v) is 8.61. The molecule has 8 heteroatoms. The molecule has 1 aliphatic carbocycles. The van der Waals surface area contributed by atoms with Gasteiger partial charge in [0, 0.05) is 67.3 Å². The second kappa shape index (κ2) is 8.45. The lowest BCUT2D eigenvalue weighted by Gasteiger charge is -2.21. The van der Waals surface area contributed by atoms with E-state index in [-0.39, 0.29) is 34.3 Å². The van der Waals surface area contributed by atoms with Gasteiger partial charge >= 0.3 is 0 Å².